The van der Waals surface area contributed by atoms with E-state index in [4.69, 9.17) is 0 Å². The topological polar surface area (TPSA) is 60.9 Å². The number of nitrogens with zero attached hydrogens (tertiary/aromatic N) is 1. The molecule has 2 aromatic carbocycles. The van der Waals surface area contributed by atoms with Gasteiger partial charge in [0.25, 0.3) is 0 Å². The first-order valence-corrected chi connectivity index (χ1v) is 10.3. The van der Waals surface area contributed by atoms with E-state index in [1.807, 2.05) is 6.07 Å². The molecule has 2 heterocycles. The molecule has 1 unspecified atom stereocenters. The number of anilines is 2. The van der Waals surface area contributed by atoms with Gasteiger partial charge in [-0.3, -0.25) is 4.98 Å². The molecule has 0 saturated heterocycles. The van der Waals surface area contributed by atoms with E-state index in [9.17, 15) is 5.11 Å². The number of hydrogen-bond acceptors (Lipinski definition) is 3. The van der Waals surface area contributed by atoms with E-state index < -0.39 is 6.10 Å². The maximum Gasteiger partial charge on any atom is 0.0966 e. The lowest BCUT2D eigenvalue weighted by atomic mass is 10.0. The molecule has 4 heteroatoms. The summed E-state index contributed by atoms with van der Waals surface area (Å²) in [5.41, 5.74) is 8.05. The number of aliphatic hydroxyl groups excluding tert-OH is 1. The highest BCUT2D eigenvalue weighted by Gasteiger charge is 2.24. The van der Waals surface area contributed by atoms with Crippen LogP contribution in [-0.2, 0) is 19.3 Å². The van der Waals surface area contributed by atoms with Crippen LogP contribution in [0.15, 0.2) is 67.0 Å². The van der Waals surface area contributed by atoms with Gasteiger partial charge in [0.05, 0.1) is 11.8 Å². The number of aliphatic hydroxyl groups is 1. The summed E-state index contributed by atoms with van der Waals surface area (Å²) in [6, 6.07) is 19.2. The molecular formula is C25H25N3O. The molecule has 0 bridgehead atoms. The predicted octanol–water partition coefficient (Wildman–Crippen LogP) is 5.46. The molecule has 2 aromatic heterocycles. The Labute approximate surface area is 170 Å². The van der Waals surface area contributed by atoms with Crippen LogP contribution in [0.3, 0.4) is 0 Å². The third-order valence-corrected chi connectivity index (χ3v) is 5.89. The number of pyridine rings is 1. The van der Waals surface area contributed by atoms with Crippen LogP contribution in [0.1, 0.15) is 41.3 Å². The van der Waals surface area contributed by atoms with Crippen molar-refractivity contribution in [3.8, 4) is 0 Å². The highest BCUT2D eigenvalue weighted by Crippen LogP contribution is 2.35. The lowest BCUT2D eigenvalue weighted by Crippen LogP contribution is -1.99. The average Bonchev–Trinajstić information content (AvgIpc) is 3.34. The van der Waals surface area contributed by atoms with Crippen LogP contribution in [0.4, 0.5) is 11.4 Å². The molecule has 0 spiro atoms. The Bertz CT molecular complexity index is 1130. The quantitative estimate of drug-likeness (QED) is 0.414. The molecule has 1 aliphatic rings. The average molecular weight is 383 g/mol. The summed E-state index contributed by atoms with van der Waals surface area (Å²) in [7, 11) is 0. The Morgan fingerprint density at radius 2 is 1.90 bits per heavy atom. The van der Waals surface area contributed by atoms with Crippen molar-refractivity contribution in [3.05, 3.63) is 89.4 Å². The van der Waals surface area contributed by atoms with Gasteiger partial charge in [0.2, 0.25) is 0 Å². The molecule has 0 amide bonds. The van der Waals surface area contributed by atoms with Gasteiger partial charge in [-0.1, -0.05) is 30.3 Å². The number of hydrogen-bond donors (Lipinski definition) is 3. The molecule has 29 heavy (non-hydrogen) atoms. The van der Waals surface area contributed by atoms with Gasteiger partial charge in [-0.2, -0.15) is 0 Å². The van der Waals surface area contributed by atoms with Crippen LogP contribution < -0.4 is 5.32 Å². The van der Waals surface area contributed by atoms with Gasteiger partial charge >= 0.3 is 0 Å². The Kier molecular flexibility index (Phi) is 4.78. The molecule has 0 radical (unpaired) electrons. The number of aromatic nitrogens is 2. The fourth-order valence-corrected chi connectivity index (χ4v) is 4.33. The Hall–Kier alpha value is -3.11. The normalized spacial score (nSPS) is 15.6. The van der Waals surface area contributed by atoms with Crippen molar-refractivity contribution < 1.29 is 5.11 Å². The van der Waals surface area contributed by atoms with Crippen molar-refractivity contribution in [1.82, 2.24) is 9.97 Å². The van der Waals surface area contributed by atoms with Gasteiger partial charge in [-0.05, 0) is 73.1 Å². The van der Waals surface area contributed by atoms with Gasteiger partial charge < -0.3 is 15.4 Å². The standard InChI is InChI=1S/C25H25N3O/c29-24-13-12-21-23(14-15-26-25(21)24)28-19-10-8-17(9-11-19)4-3-5-18-16-27-22-7-2-1-6-20(18)22/h1-2,6-11,14-16,24,27,29H,3-5,12-13H2,(H,26,28). The fourth-order valence-electron chi connectivity index (χ4n) is 4.33. The van der Waals surface area contributed by atoms with Crippen molar-refractivity contribution in [3.63, 3.8) is 0 Å². The van der Waals surface area contributed by atoms with E-state index >= 15 is 0 Å². The van der Waals surface area contributed by atoms with E-state index in [0.717, 1.165) is 54.7 Å². The Balaban J connectivity index is 1.21. The lowest BCUT2D eigenvalue weighted by Gasteiger charge is -2.12. The molecule has 0 fully saturated rings. The second kappa shape index (κ2) is 7.72. The van der Waals surface area contributed by atoms with E-state index in [0.29, 0.717) is 0 Å². The summed E-state index contributed by atoms with van der Waals surface area (Å²) in [5, 5.41) is 14.9. The number of nitrogens with one attached hydrogen (secondary N) is 2. The third kappa shape index (κ3) is 3.64. The first-order chi connectivity index (χ1) is 14.3. The molecule has 4 aromatic rings. The largest absolute Gasteiger partial charge is 0.387 e. The fraction of sp³-hybridized carbons (Fsp3) is 0.240. The van der Waals surface area contributed by atoms with Crippen molar-refractivity contribution in [1.29, 1.82) is 0 Å². The summed E-state index contributed by atoms with van der Waals surface area (Å²) in [6.45, 7) is 0. The minimum Gasteiger partial charge on any atom is -0.387 e. The summed E-state index contributed by atoms with van der Waals surface area (Å²) in [6.07, 6.45) is 8.40. The van der Waals surface area contributed by atoms with Gasteiger partial charge in [0.15, 0.2) is 0 Å². The molecule has 0 saturated carbocycles. The molecule has 3 N–H and O–H groups in total. The number of H-pyrrole nitrogens is 1. The Morgan fingerprint density at radius 1 is 1.03 bits per heavy atom. The van der Waals surface area contributed by atoms with E-state index in [1.54, 1.807) is 6.20 Å². The first kappa shape index (κ1) is 18.0. The summed E-state index contributed by atoms with van der Waals surface area (Å²) < 4.78 is 0. The first-order valence-electron chi connectivity index (χ1n) is 10.3. The van der Waals surface area contributed by atoms with Crippen LogP contribution in [0, 0.1) is 0 Å². The number of rotatable bonds is 6. The van der Waals surface area contributed by atoms with E-state index in [-0.39, 0.29) is 0 Å². The molecule has 146 valence electrons. The number of aryl methyl sites for hydroxylation is 2. The van der Waals surface area contributed by atoms with Crippen LogP contribution in [0.2, 0.25) is 0 Å². The van der Waals surface area contributed by atoms with Gasteiger partial charge in [-0.15, -0.1) is 0 Å². The number of fused-ring (bicyclic) bond motifs is 2. The van der Waals surface area contributed by atoms with Crippen molar-refractivity contribution in [2.24, 2.45) is 0 Å². The predicted molar refractivity (Wildman–Crippen MR) is 118 cm³/mol. The summed E-state index contributed by atoms with van der Waals surface area (Å²) in [4.78, 5) is 7.70. The van der Waals surface area contributed by atoms with Gasteiger partial charge in [0.1, 0.15) is 0 Å². The number of aromatic amines is 1. The zero-order valence-corrected chi connectivity index (χ0v) is 16.4. The monoisotopic (exact) mass is 383 g/mol. The lowest BCUT2D eigenvalue weighted by molar-refractivity contribution is 0.176. The van der Waals surface area contributed by atoms with Crippen LogP contribution >= 0.6 is 0 Å². The molecule has 1 aliphatic carbocycles. The molecule has 4 nitrogen and oxygen atoms in total. The van der Waals surface area contributed by atoms with E-state index in [1.165, 1.54) is 22.0 Å². The smallest absolute Gasteiger partial charge is 0.0966 e. The van der Waals surface area contributed by atoms with Crippen molar-refractivity contribution >= 4 is 22.3 Å². The molecular weight excluding hydrogens is 358 g/mol. The zero-order chi connectivity index (χ0) is 19.6. The molecule has 1 atom stereocenters. The van der Waals surface area contributed by atoms with Crippen molar-refractivity contribution in [2.45, 2.75) is 38.2 Å². The highest BCUT2D eigenvalue weighted by molar-refractivity contribution is 5.83. The SMILES string of the molecule is OC1CCc2c(Nc3ccc(CCCc4c[nH]c5ccccc45)cc3)ccnc21. The van der Waals surface area contributed by atoms with Gasteiger partial charge in [-0.25, -0.2) is 0 Å². The maximum absolute atomic E-state index is 10.0. The summed E-state index contributed by atoms with van der Waals surface area (Å²) in [5.74, 6) is 0. The molecule has 5 rings (SSSR count). The Morgan fingerprint density at radius 3 is 2.79 bits per heavy atom. The number of para-hydroxylation sites is 1. The number of benzene rings is 2. The molecule has 0 aliphatic heterocycles. The highest BCUT2D eigenvalue weighted by atomic mass is 16.3. The summed E-state index contributed by atoms with van der Waals surface area (Å²) >= 11 is 0. The van der Waals surface area contributed by atoms with Crippen LogP contribution in [0.25, 0.3) is 10.9 Å². The second-order valence-electron chi connectivity index (χ2n) is 7.81. The van der Waals surface area contributed by atoms with Crippen LogP contribution in [0.5, 0.6) is 0 Å². The van der Waals surface area contributed by atoms with Gasteiger partial charge in [0, 0.05) is 34.7 Å². The minimum atomic E-state index is -0.425. The zero-order valence-electron chi connectivity index (χ0n) is 16.4. The van der Waals surface area contributed by atoms with Crippen molar-refractivity contribution in [2.75, 3.05) is 5.32 Å². The second-order valence-corrected chi connectivity index (χ2v) is 7.81. The van der Waals surface area contributed by atoms with Crippen LogP contribution in [-0.4, -0.2) is 15.1 Å². The van der Waals surface area contributed by atoms with E-state index in [2.05, 4.69) is 70.0 Å². The third-order valence-electron chi connectivity index (χ3n) is 5.89. The minimum absolute atomic E-state index is 0.425. The maximum atomic E-state index is 10.0.